The van der Waals surface area contributed by atoms with E-state index in [0.717, 1.165) is 36.4 Å². The standard InChI is InChI=1S/C26H29N5O2/c1-18-10-9-15-29(16-18)17-30-22-14-8-7-13-21(22)24(25(30)32)27-23-19(2)28(3)31(26(23)33)20-11-5-4-6-12-20/h4-8,11-14,18H,9-10,15-17H2,1-3H3. The van der Waals surface area contributed by atoms with Crippen LogP contribution in [0.25, 0.3) is 5.69 Å². The summed E-state index contributed by atoms with van der Waals surface area (Å²) in [5.41, 5.74) is 3.51. The lowest BCUT2D eigenvalue weighted by Crippen LogP contribution is -2.45. The largest absolute Gasteiger partial charge is 0.297 e. The first-order valence-corrected chi connectivity index (χ1v) is 11.5. The summed E-state index contributed by atoms with van der Waals surface area (Å²) < 4.78 is 3.38. The summed E-state index contributed by atoms with van der Waals surface area (Å²) in [5, 5.41) is 0. The molecule has 5 rings (SSSR count). The average Bonchev–Trinajstić information content (AvgIpc) is 3.20. The van der Waals surface area contributed by atoms with Crippen LogP contribution >= 0.6 is 0 Å². The Balaban J connectivity index is 1.56. The predicted molar refractivity (Wildman–Crippen MR) is 131 cm³/mol. The molecule has 0 aliphatic carbocycles. The number of para-hydroxylation sites is 2. The Morgan fingerprint density at radius 2 is 1.76 bits per heavy atom. The Morgan fingerprint density at radius 3 is 2.52 bits per heavy atom. The summed E-state index contributed by atoms with van der Waals surface area (Å²) in [5.74, 6) is 0.478. The number of hydrogen-bond acceptors (Lipinski definition) is 4. The molecule has 2 aliphatic heterocycles. The highest BCUT2D eigenvalue weighted by molar-refractivity contribution is 6.54. The second-order valence-corrected chi connectivity index (χ2v) is 9.09. The van der Waals surface area contributed by atoms with Gasteiger partial charge in [0.2, 0.25) is 0 Å². The number of amides is 1. The minimum Gasteiger partial charge on any atom is -0.293 e. The van der Waals surface area contributed by atoms with Crippen LogP contribution in [0, 0.1) is 12.8 Å². The van der Waals surface area contributed by atoms with Crippen molar-refractivity contribution in [2.24, 2.45) is 18.0 Å². The summed E-state index contributed by atoms with van der Waals surface area (Å²) in [7, 11) is 1.83. The van der Waals surface area contributed by atoms with Gasteiger partial charge in [0.1, 0.15) is 5.71 Å². The van der Waals surface area contributed by atoms with E-state index in [2.05, 4.69) is 11.8 Å². The number of piperidine rings is 1. The third-order valence-corrected chi connectivity index (χ3v) is 6.73. The molecule has 1 atom stereocenters. The monoisotopic (exact) mass is 443 g/mol. The zero-order chi connectivity index (χ0) is 23.1. The number of carbonyl (C=O) groups is 1. The minimum absolute atomic E-state index is 0.150. The number of aromatic nitrogens is 2. The number of aliphatic imine (C=N–C) groups is 1. The first-order chi connectivity index (χ1) is 16.0. The van der Waals surface area contributed by atoms with E-state index < -0.39 is 0 Å². The third kappa shape index (κ3) is 3.72. The van der Waals surface area contributed by atoms with Crippen LogP contribution in [-0.4, -0.2) is 45.6 Å². The number of hydrogen-bond donors (Lipinski definition) is 0. The average molecular weight is 444 g/mol. The van der Waals surface area contributed by atoms with Gasteiger partial charge in [0.25, 0.3) is 11.5 Å². The topological polar surface area (TPSA) is 62.8 Å². The van der Waals surface area contributed by atoms with Crippen LogP contribution in [0.4, 0.5) is 11.4 Å². The fraction of sp³-hybridized carbons (Fsp3) is 0.346. The fourth-order valence-electron chi connectivity index (χ4n) is 4.92. The summed E-state index contributed by atoms with van der Waals surface area (Å²) in [4.78, 5) is 35.8. The Kier molecular flexibility index (Phi) is 5.50. The maximum Gasteiger partial charge on any atom is 0.297 e. The number of carbonyl (C=O) groups excluding carboxylic acids is 1. The molecule has 7 nitrogen and oxygen atoms in total. The lowest BCUT2D eigenvalue weighted by Gasteiger charge is -2.33. The zero-order valence-electron chi connectivity index (χ0n) is 19.4. The van der Waals surface area contributed by atoms with Crippen LogP contribution in [0.2, 0.25) is 0 Å². The van der Waals surface area contributed by atoms with Crippen molar-refractivity contribution in [3.8, 4) is 5.69 Å². The zero-order valence-corrected chi connectivity index (χ0v) is 19.4. The van der Waals surface area contributed by atoms with Gasteiger partial charge in [-0.05, 0) is 50.4 Å². The molecule has 2 aliphatic rings. The predicted octanol–water partition coefficient (Wildman–Crippen LogP) is 3.64. The molecule has 0 N–H and O–H groups in total. The van der Waals surface area contributed by atoms with Gasteiger partial charge in [0, 0.05) is 19.2 Å². The van der Waals surface area contributed by atoms with E-state index in [1.54, 1.807) is 14.3 Å². The van der Waals surface area contributed by atoms with Crippen LogP contribution in [0.15, 0.2) is 64.4 Å². The molecule has 3 aromatic rings. The Labute approximate surface area is 193 Å². The first-order valence-electron chi connectivity index (χ1n) is 11.5. The molecule has 0 bridgehead atoms. The van der Waals surface area contributed by atoms with Gasteiger partial charge in [-0.3, -0.25) is 24.1 Å². The Hall–Kier alpha value is -3.45. The van der Waals surface area contributed by atoms with Gasteiger partial charge in [-0.1, -0.05) is 43.3 Å². The smallest absolute Gasteiger partial charge is 0.293 e. The molecule has 1 unspecified atom stereocenters. The molecule has 0 spiro atoms. The van der Waals surface area contributed by atoms with Crippen LogP contribution in [0.5, 0.6) is 0 Å². The van der Waals surface area contributed by atoms with E-state index in [0.29, 0.717) is 29.7 Å². The molecular formula is C26H29N5O2. The van der Waals surface area contributed by atoms with Crippen molar-refractivity contribution in [2.45, 2.75) is 26.7 Å². The van der Waals surface area contributed by atoms with Crippen molar-refractivity contribution in [1.29, 1.82) is 0 Å². The van der Waals surface area contributed by atoms with Gasteiger partial charge < -0.3 is 0 Å². The Bertz CT molecular complexity index is 1290. The number of fused-ring (bicyclic) bond motifs is 1. The maximum absolute atomic E-state index is 13.6. The van der Waals surface area contributed by atoms with Crippen LogP contribution < -0.4 is 10.5 Å². The molecule has 1 saturated heterocycles. The molecule has 0 radical (unpaired) electrons. The third-order valence-electron chi connectivity index (χ3n) is 6.73. The highest BCUT2D eigenvalue weighted by Crippen LogP contribution is 2.32. The van der Waals surface area contributed by atoms with E-state index >= 15 is 0 Å². The highest BCUT2D eigenvalue weighted by atomic mass is 16.2. The van der Waals surface area contributed by atoms with Crippen molar-refractivity contribution in [3.63, 3.8) is 0 Å². The minimum atomic E-state index is -0.234. The molecule has 170 valence electrons. The van der Waals surface area contributed by atoms with E-state index in [9.17, 15) is 9.59 Å². The fourth-order valence-corrected chi connectivity index (χ4v) is 4.92. The SMILES string of the molecule is Cc1c(N=C2C(=O)N(CN3CCCC(C)C3)c3ccccc32)c(=O)n(-c2ccccc2)n1C. The second kappa shape index (κ2) is 8.48. The van der Waals surface area contributed by atoms with Crippen LogP contribution in [0.1, 0.15) is 31.0 Å². The first kappa shape index (κ1) is 21.4. The van der Waals surface area contributed by atoms with Crippen LogP contribution in [-0.2, 0) is 11.8 Å². The summed E-state index contributed by atoms with van der Waals surface area (Å²) >= 11 is 0. The molecule has 0 saturated carbocycles. The highest BCUT2D eigenvalue weighted by Gasteiger charge is 2.36. The van der Waals surface area contributed by atoms with Crippen LogP contribution in [0.3, 0.4) is 0 Å². The number of rotatable bonds is 4. The van der Waals surface area contributed by atoms with E-state index in [1.807, 2.05) is 68.6 Å². The van der Waals surface area contributed by atoms with Gasteiger partial charge in [-0.25, -0.2) is 9.67 Å². The lowest BCUT2D eigenvalue weighted by atomic mass is 10.0. The molecule has 33 heavy (non-hydrogen) atoms. The molecule has 2 aromatic carbocycles. The molecular weight excluding hydrogens is 414 g/mol. The van der Waals surface area contributed by atoms with E-state index in [4.69, 9.17) is 4.99 Å². The maximum atomic E-state index is 13.6. The van der Waals surface area contributed by atoms with Gasteiger partial charge in [0.15, 0.2) is 5.69 Å². The van der Waals surface area contributed by atoms with Crippen molar-refractivity contribution in [2.75, 3.05) is 24.7 Å². The summed E-state index contributed by atoms with van der Waals surface area (Å²) in [6, 6.07) is 17.2. The van der Waals surface area contributed by atoms with Gasteiger partial charge in [0.05, 0.1) is 23.7 Å². The van der Waals surface area contributed by atoms with Crippen molar-refractivity contribution < 1.29 is 4.79 Å². The molecule has 1 aromatic heterocycles. The number of likely N-dealkylation sites (tertiary alicyclic amines) is 1. The number of anilines is 1. The van der Waals surface area contributed by atoms with E-state index in [-0.39, 0.29) is 11.5 Å². The van der Waals surface area contributed by atoms with Crippen molar-refractivity contribution in [3.05, 3.63) is 76.2 Å². The van der Waals surface area contributed by atoms with Gasteiger partial charge in [-0.2, -0.15) is 0 Å². The van der Waals surface area contributed by atoms with Gasteiger partial charge >= 0.3 is 0 Å². The molecule has 7 heteroatoms. The molecule has 1 fully saturated rings. The second-order valence-electron chi connectivity index (χ2n) is 9.09. The summed E-state index contributed by atoms with van der Waals surface area (Å²) in [6.45, 7) is 6.63. The van der Waals surface area contributed by atoms with Crippen molar-refractivity contribution >= 4 is 23.0 Å². The van der Waals surface area contributed by atoms with Crippen molar-refractivity contribution in [1.82, 2.24) is 14.3 Å². The number of benzene rings is 2. The quantitative estimate of drug-likeness (QED) is 0.619. The normalized spacial score (nSPS) is 20.0. The lowest BCUT2D eigenvalue weighted by molar-refractivity contribution is -0.112. The molecule has 1 amide bonds. The number of nitrogens with zero attached hydrogens (tertiary/aromatic N) is 5. The van der Waals surface area contributed by atoms with E-state index in [1.165, 1.54) is 6.42 Å². The van der Waals surface area contributed by atoms with Gasteiger partial charge in [-0.15, -0.1) is 0 Å². The Morgan fingerprint density at radius 1 is 1.03 bits per heavy atom. The molecule has 3 heterocycles. The summed E-state index contributed by atoms with van der Waals surface area (Å²) in [6.07, 6.45) is 2.38.